The summed E-state index contributed by atoms with van der Waals surface area (Å²) in [5, 5.41) is 12.0. The third kappa shape index (κ3) is 5.43. The lowest BCUT2D eigenvalue weighted by Gasteiger charge is -2.09. The Morgan fingerprint density at radius 1 is 1.00 bits per heavy atom. The summed E-state index contributed by atoms with van der Waals surface area (Å²) in [6.45, 7) is 3.87. The SMILES string of the molecule is Cc1cc(C)nc(SCc2c(C(=O)Nc3cccc(Br)c3)nnn2-c2ccc(Br)cc2)n1. The van der Waals surface area contributed by atoms with Crippen molar-refractivity contribution in [1.82, 2.24) is 25.0 Å². The Hall–Kier alpha value is -2.56. The summed E-state index contributed by atoms with van der Waals surface area (Å²) in [5.74, 6) is 0.0936. The minimum absolute atomic E-state index is 0.254. The van der Waals surface area contributed by atoms with Crippen LogP contribution in [-0.2, 0) is 5.75 Å². The molecular weight excluding hydrogens is 556 g/mol. The largest absolute Gasteiger partial charge is 0.320 e. The molecule has 7 nitrogen and oxygen atoms in total. The molecule has 0 atom stereocenters. The highest BCUT2D eigenvalue weighted by atomic mass is 79.9. The van der Waals surface area contributed by atoms with Crippen LogP contribution in [0.25, 0.3) is 5.69 Å². The molecule has 0 saturated carbocycles. The summed E-state index contributed by atoms with van der Waals surface area (Å²) >= 11 is 8.31. The first-order chi connectivity index (χ1) is 15.4. The van der Waals surface area contributed by atoms with E-state index in [0.29, 0.717) is 22.3 Å². The van der Waals surface area contributed by atoms with Crippen LogP contribution in [0.15, 0.2) is 68.7 Å². The van der Waals surface area contributed by atoms with E-state index in [1.165, 1.54) is 11.8 Å². The van der Waals surface area contributed by atoms with Crippen molar-refractivity contribution in [3.63, 3.8) is 0 Å². The molecule has 162 valence electrons. The molecule has 10 heteroatoms. The van der Waals surface area contributed by atoms with E-state index < -0.39 is 0 Å². The van der Waals surface area contributed by atoms with Gasteiger partial charge in [-0.1, -0.05) is 54.9 Å². The van der Waals surface area contributed by atoms with Gasteiger partial charge in [-0.2, -0.15) is 0 Å². The van der Waals surface area contributed by atoms with E-state index in [9.17, 15) is 4.79 Å². The van der Waals surface area contributed by atoms with Gasteiger partial charge in [-0.15, -0.1) is 5.10 Å². The van der Waals surface area contributed by atoms with E-state index >= 15 is 0 Å². The van der Waals surface area contributed by atoms with Gasteiger partial charge in [-0.3, -0.25) is 4.79 Å². The predicted octanol–water partition coefficient (Wildman–Crippen LogP) is 5.74. The summed E-state index contributed by atoms with van der Waals surface area (Å²) < 4.78 is 3.50. The van der Waals surface area contributed by atoms with Crippen molar-refractivity contribution in [2.75, 3.05) is 5.32 Å². The first-order valence-electron chi connectivity index (χ1n) is 9.61. The van der Waals surface area contributed by atoms with E-state index in [2.05, 4.69) is 57.5 Å². The number of halogens is 2. The van der Waals surface area contributed by atoms with Crippen molar-refractivity contribution in [1.29, 1.82) is 0 Å². The maximum absolute atomic E-state index is 13.1. The van der Waals surface area contributed by atoms with E-state index in [-0.39, 0.29) is 11.6 Å². The summed E-state index contributed by atoms with van der Waals surface area (Å²) in [6, 6.07) is 17.0. The number of anilines is 1. The number of nitrogens with zero attached hydrogens (tertiary/aromatic N) is 5. The first-order valence-corrected chi connectivity index (χ1v) is 12.2. The van der Waals surface area contributed by atoms with Crippen molar-refractivity contribution < 1.29 is 4.79 Å². The zero-order valence-corrected chi connectivity index (χ0v) is 21.2. The molecule has 0 spiro atoms. The van der Waals surface area contributed by atoms with Gasteiger partial charge in [-0.05, 0) is 62.4 Å². The zero-order valence-electron chi connectivity index (χ0n) is 17.2. The topological polar surface area (TPSA) is 85.6 Å². The highest BCUT2D eigenvalue weighted by Crippen LogP contribution is 2.25. The van der Waals surface area contributed by atoms with Gasteiger partial charge < -0.3 is 5.32 Å². The third-order valence-electron chi connectivity index (χ3n) is 4.43. The third-order valence-corrected chi connectivity index (χ3v) is 6.31. The molecule has 4 rings (SSSR count). The van der Waals surface area contributed by atoms with Gasteiger partial charge in [-0.25, -0.2) is 14.6 Å². The molecular formula is C22H18Br2N6OS. The molecule has 1 N–H and O–H groups in total. The van der Waals surface area contributed by atoms with Gasteiger partial charge in [0, 0.05) is 31.8 Å². The van der Waals surface area contributed by atoms with E-state index in [1.807, 2.05) is 68.4 Å². The highest BCUT2D eigenvalue weighted by molar-refractivity contribution is 9.10. The van der Waals surface area contributed by atoms with Crippen LogP contribution in [0.2, 0.25) is 0 Å². The second-order valence-electron chi connectivity index (χ2n) is 6.96. The van der Waals surface area contributed by atoms with Gasteiger partial charge in [0.05, 0.1) is 11.4 Å². The molecule has 2 aromatic carbocycles. The van der Waals surface area contributed by atoms with Crippen molar-refractivity contribution in [3.05, 3.63) is 86.3 Å². The van der Waals surface area contributed by atoms with Crippen molar-refractivity contribution in [2.24, 2.45) is 0 Å². The van der Waals surface area contributed by atoms with Crippen LogP contribution in [0, 0.1) is 13.8 Å². The normalized spacial score (nSPS) is 10.9. The number of rotatable bonds is 6. The summed E-state index contributed by atoms with van der Waals surface area (Å²) in [7, 11) is 0. The maximum Gasteiger partial charge on any atom is 0.278 e. The van der Waals surface area contributed by atoms with Gasteiger partial charge in [0.25, 0.3) is 5.91 Å². The number of thioether (sulfide) groups is 1. The number of benzene rings is 2. The number of carbonyl (C=O) groups is 1. The molecule has 0 aliphatic rings. The molecule has 0 radical (unpaired) electrons. The Morgan fingerprint density at radius 3 is 2.41 bits per heavy atom. The standard InChI is InChI=1S/C22H18Br2N6OS/c1-13-10-14(2)26-22(25-13)32-12-19-20(21(31)27-17-5-3-4-16(24)11-17)28-29-30(19)18-8-6-15(23)7-9-18/h3-11H,12H2,1-2H3,(H,27,31). The van der Waals surface area contributed by atoms with Crippen LogP contribution in [0.4, 0.5) is 5.69 Å². The Bertz CT molecular complexity index is 1260. The number of amides is 1. The second kappa shape index (κ2) is 9.93. The average molecular weight is 574 g/mol. The van der Waals surface area contributed by atoms with Gasteiger partial charge in [0.15, 0.2) is 10.9 Å². The fourth-order valence-corrected chi connectivity index (χ4v) is 4.65. The average Bonchev–Trinajstić information content (AvgIpc) is 3.16. The highest BCUT2D eigenvalue weighted by Gasteiger charge is 2.22. The van der Waals surface area contributed by atoms with Crippen molar-refractivity contribution in [3.8, 4) is 5.69 Å². The molecule has 4 aromatic rings. The smallest absolute Gasteiger partial charge is 0.278 e. The van der Waals surface area contributed by atoms with Crippen molar-refractivity contribution in [2.45, 2.75) is 24.8 Å². The lowest BCUT2D eigenvalue weighted by Crippen LogP contribution is -2.15. The van der Waals surface area contributed by atoms with E-state index in [0.717, 1.165) is 26.0 Å². The molecule has 2 aromatic heterocycles. The number of nitrogens with one attached hydrogen (secondary N) is 1. The molecule has 0 fully saturated rings. The summed E-state index contributed by atoms with van der Waals surface area (Å²) in [5.41, 5.74) is 4.18. The lowest BCUT2D eigenvalue weighted by atomic mass is 10.2. The number of hydrogen-bond donors (Lipinski definition) is 1. The second-order valence-corrected chi connectivity index (χ2v) is 9.73. The van der Waals surface area contributed by atoms with Crippen LogP contribution in [0.3, 0.4) is 0 Å². The Labute approximate surface area is 206 Å². The minimum atomic E-state index is -0.330. The number of aryl methyl sites for hydroxylation is 2. The van der Waals surface area contributed by atoms with Crippen LogP contribution >= 0.6 is 43.6 Å². The van der Waals surface area contributed by atoms with Gasteiger partial charge >= 0.3 is 0 Å². The first kappa shape index (κ1) is 22.6. The Kier molecular flexibility index (Phi) is 7.02. The molecule has 0 unspecified atom stereocenters. The van der Waals surface area contributed by atoms with E-state index in [4.69, 9.17) is 0 Å². The number of aromatic nitrogens is 5. The quantitative estimate of drug-likeness (QED) is 0.234. The van der Waals surface area contributed by atoms with Crippen LogP contribution in [-0.4, -0.2) is 30.9 Å². The van der Waals surface area contributed by atoms with Crippen LogP contribution < -0.4 is 5.32 Å². The molecule has 0 saturated heterocycles. The fraction of sp³-hybridized carbons (Fsp3) is 0.136. The maximum atomic E-state index is 13.1. The predicted molar refractivity (Wildman–Crippen MR) is 132 cm³/mol. The molecule has 0 aliphatic carbocycles. The van der Waals surface area contributed by atoms with Crippen LogP contribution in [0.5, 0.6) is 0 Å². The number of hydrogen-bond acceptors (Lipinski definition) is 6. The van der Waals surface area contributed by atoms with E-state index in [1.54, 1.807) is 4.68 Å². The summed E-state index contributed by atoms with van der Waals surface area (Å²) in [4.78, 5) is 22.1. The Morgan fingerprint density at radius 2 is 1.72 bits per heavy atom. The van der Waals surface area contributed by atoms with Crippen LogP contribution in [0.1, 0.15) is 27.6 Å². The zero-order chi connectivity index (χ0) is 22.7. The lowest BCUT2D eigenvalue weighted by molar-refractivity contribution is 0.102. The monoisotopic (exact) mass is 572 g/mol. The molecule has 0 aliphatic heterocycles. The fourth-order valence-electron chi connectivity index (χ4n) is 3.04. The Balaban J connectivity index is 1.67. The molecule has 2 heterocycles. The van der Waals surface area contributed by atoms with Crippen molar-refractivity contribution >= 4 is 55.2 Å². The molecule has 0 bridgehead atoms. The molecule has 1 amide bonds. The molecule has 32 heavy (non-hydrogen) atoms. The summed E-state index contributed by atoms with van der Waals surface area (Å²) in [6.07, 6.45) is 0. The van der Waals surface area contributed by atoms with Gasteiger partial charge in [0.2, 0.25) is 0 Å². The van der Waals surface area contributed by atoms with Gasteiger partial charge in [0.1, 0.15) is 0 Å². The number of carbonyl (C=O) groups excluding carboxylic acids is 1. The minimum Gasteiger partial charge on any atom is -0.320 e.